The van der Waals surface area contributed by atoms with Gasteiger partial charge >= 0.3 is 15.2 Å². The van der Waals surface area contributed by atoms with E-state index in [1.807, 2.05) is 0 Å². The van der Waals surface area contributed by atoms with Gasteiger partial charge in [-0.2, -0.15) is 0 Å². The van der Waals surface area contributed by atoms with Crippen LogP contribution in [-0.4, -0.2) is 44.6 Å². The Kier molecular flexibility index (Phi) is 5.43. The third kappa shape index (κ3) is 6.64. The van der Waals surface area contributed by atoms with Gasteiger partial charge in [0.2, 0.25) is 0 Å². The van der Waals surface area contributed by atoms with E-state index in [4.69, 9.17) is 25.3 Å². The van der Waals surface area contributed by atoms with Crippen LogP contribution in [-0.2, 0) is 9.13 Å². The zero-order chi connectivity index (χ0) is 11.4. The van der Waals surface area contributed by atoms with Gasteiger partial charge in [-0.1, -0.05) is 0 Å². The molecule has 0 spiro atoms. The van der Waals surface area contributed by atoms with Crippen LogP contribution >= 0.6 is 15.2 Å². The van der Waals surface area contributed by atoms with E-state index >= 15 is 0 Å². The summed E-state index contributed by atoms with van der Waals surface area (Å²) >= 11 is 0. The maximum absolute atomic E-state index is 10.8. The maximum atomic E-state index is 10.8. The Morgan fingerprint density at radius 2 is 1.71 bits per heavy atom. The second-order valence-electron chi connectivity index (χ2n) is 2.69. The molecule has 8 nitrogen and oxygen atoms in total. The van der Waals surface area contributed by atoms with Gasteiger partial charge < -0.3 is 30.6 Å². The highest BCUT2D eigenvalue weighted by atomic mass is 31.2. The molecular formula is C4H14N2O6P2. The molecule has 86 valence electrons. The van der Waals surface area contributed by atoms with Gasteiger partial charge in [-0.25, -0.2) is 0 Å². The molecule has 0 aliphatic heterocycles. The van der Waals surface area contributed by atoms with E-state index < -0.39 is 27.1 Å². The van der Waals surface area contributed by atoms with Crippen LogP contribution < -0.4 is 11.1 Å². The Morgan fingerprint density at radius 1 is 1.21 bits per heavy atom. The van der Waals surface area contributed by atoms with Crippen LogP contribution in [0.25, 0.3) is 0 Å². The van der Waals surface area contributed by atoms with Crippen molar-refractivity contribution in [3.63, 3.8) is 0 Å². The van der Waals surface area contributed by atoms with E-state index in [1.165, 1.54) is 0 Å². The van der Waals surface area contributed by atoms with Gasteiger partial charge in [0, 0.05) is 13.1 Å². The Balaban J connectivity index is 4.42. The highest BCUT2D eigenvalue weighted by molar-refractivity contribution is 7.56. The molecule has 0 saturated carbocycles. The van der Waals surface area contributed by atoms with E-state index in [2.05, 4.69) is 5.32 Å². The quantitative estimate of drug-likeness (QED) is 0.301. The molecule has 0 aromatic heterocycles. The highest BCUT2D eigenvalue weighted by Crippen LogP contribution is 2.47. The van der Waals surface area contributed by atoms with Crippen LogP contribution in [0.2, 0.25) is 0 Å². The zero-order valence-electron chi connectivity index (χ0n) is 7.28. The number of nitrogens with one attached hydrogen (secondary N) is 1. The third-order valence-corrected chi connectivity index (χ3v) is 3.65. The van der Waals surface area contributed by atoms with Crippen LogP contribution in [0.1, 0.15) is 0 Å². The molecule has 0 aromatic rings. The molecule has 0 rings (SSSR count). The minimum atomic E-state index is -4.56. The number of hydrogen-bond donors (Lipinski definition) is 6. The van der Waals surface area contributed by atoms with Gasteiger partial charge in [0.05, 0.1) is 6.16 Å². The van der Waals surface area contributed by atoms with Crippen LogP contribution in [0.15, 0.2) is 0 Å². The van der Waals surface area contributed by atoms with Crippen LogP contribution in [0.3, 0.4) is 0 Å². The normalized spacial score (nSPS) is 15.5. The zero-order valence-corrected chi connectivity index (χ0v) is 9.06. The van der Waals surface area contributed by atoms with Gasteiger partial charge in [-0.15, -0.1) is 0 Å². The van der Waals surface area contributed by atoms with Gasteiger partial charge in [-0.3, -0.25) is 9.13 Å². The topological polar surface area (TPSA) is 153 Å². The fourth-order valence-corrected chi connectivity index (χ4v) is 3.20. The van der Waals surface area contributed by atoms with Crippen LogP contribution in [0, 0.1) is 0 Å². The molecule has 0 heterocycles. The van der Waals surface area contributed by atoms with Gasteiger partial charge in [0.25, 0.3) is 0 Å². The van der Waals surface area contributed by atoms with E-state index in [0.29, 0.717) is 0 Å². The molecule has 0 aliphatic carbocycles. The Labute approximate surface area is 80.8 Å². The molecule has 0 fully saturated rings. The van der Waals surface area contributed by atoms with Gasteiger partial charge in [0.15, 0.2) is 0 Å². The summed E-state index contributed by atoms with van der Waals surface area (Å²) in [6, 6.07) is 0. The SMILES string of the molecule is NCCNC(CP(=O)(O)O)P(=O)(O)O. The summed E-state index contributed by atoms with van der Waals surface area (Å²) in [6.45, 7) is 0.202. The van der Waals surface area contributed by atoms with Crippen LogP contribution in [0.5, 0.6) is 0 Å². The Morgan fingerprint density at radius 3 is 2.00 bits per heavy atom. The molecule has 10 heteroatoms. The van der Waals surface area contributed by atoms with Crippen molar-refractivity contribution < 1.29 is 28.7 Å². The molecule has 0 bridgehead atoms. The summed E-state index contributed by atoms with van der Waals surface area (Å²) in [5.74, 6) is -1.55. The first-order chi connectivity index (χ1) is 6.17. The lowest BCUT2D eigenvalue weighted by atomic mass is 10.6. The minimum Gasteiger partial charge on any atom is -0.329 e. The van der Waals surface area contributed by atoms with E-state index in [-0.39, 0.29) is 13.1 Å². The van der Waals surface area contributed by atoms with Crippen molar-refractivity contribution in [2.45, 2.75) is 5.78 Å². The highest BCUT2D eigenvalue weighted by Gasteiger charge is 2.34. The predicted octanol–water partition coefficient (Wildman–Crippen LogP) is -1.78. The fraction of sp³-hybridized carbons (Fsp3) is 1.00. The monoisotopic (exact) mass is 248 g/mol. The lowest BCUT2D eigenvalue weighted by Gasteiger charge is -2.19. The van der Waals surface area contributed by atoms with Crippen molar-refractivity contribution in [3.05, 3.63) is 0 Å². The molecular weight excluding hydrogens is 234 g/mol. The molecule has 0 radical (unpaired) electrons. The summed E-state index contributed by atoms with van der Waals surface area (Å²) in [5, 5.41) is 2.29. The first-order valence-electron chi connectivity index (χ1n) is 3.70. The predicted molar refractivity (Wildman–Crippen MR) is 49.8 cm³/mol. The van der Waals surface area contributed by atoms with Crippen molar-refractivity contribution in [1.82, 2.24) is 5.32 Å². The molecule has 1 atom stereocenters. The molecule has 1 unspecified atom stereocenters. The second-order valence-corrected chi connectivity index (χ2v) is 6.19. The van der Waals surface area contributed by atoms with Crippen molar-refractivity contribution in [3.8, 4) is 0 Å². The van der Waals surface area contributed by atoms with E-state index in [9.17, 15) is 9.13 Å². The van der Waals surface area contributed by atoms with Crippen molar-refractivity contribution in [1.29, 1.82) is 0 Å². The molecule has 14 heavy (non-hydrogen) atoms. The first-order valence-corrected chi connectivity index (χ1v) is 7.18. The van der Waals surface area contributed by atoms with E-state index in [1.54, 1.807) is 0 Å². The average Bonchev–Trinajstić information content (AvgIpc) is 1.93. The number of hydrogen-bond acceptors (Lipinski definition) is 4. The fourth-order valence-electron chi connectivity index (χ4n) is 0.765. The standard InChI is InChI=1S/C4H14N2O6P2/c5-1-2-6-4(14(10,11)12)3-13(7,8)9/h4,6H,1-3,5H2,(H2,7,8,9)(H2,10,11,12). The van der Waals surface area contributed by atoms with Crippen molar-refractivity contribution >= 4 is 15.2 Å². The number of rotatable bonds is 6. The lowest BCUT2D eigenvalue weighted by molar-refractivity contribution is 0.336. The lowest BCUT2D eigenvalue weighted by Crippen LogP contribution is -2.35. The van der Waals surface area contributed by atoms with E-state index in [0.717, 1.165) is 0 Å². The smallest absolute Gasteiger partial charge is 0.329 e. The summed E-state index contributed by atoms with van der Waals surface area (Å²) in [6.07, 6.45) is -0.905. The van der Waals surface area contributed by atoms with Gasteiger partial charge in [-0.05, 0) is 0 Å². The Hall–Kier alpha value is 0.220. The Bertz CT molecular complexity index is 259. The van der Waals surface area contributed by atoms with Crippen molar-refractivity contribution in [2.75, 3.05) is 19.3 Å². The summed E-state index contributed by atoms with van der Waals surface area (Å²) in [5.41, 5.74) is 5.07. The minimum absolute atomic E-state index is 0.0791. The largest absolute Gasteiger partial charge is 0.342 e. The third-order valence-electron chi connectivity index (χ3n) is 1.34. The average molecular weight is 248 g/mol. The summed E-state index contributed by atoms with van der Waals surface area (Å²) in [4.78, 5) is 34.6. The first kappa shape index (κ1) is 14.2. The summed E-state index contributed by atoms with van der Waals surface area (Å²) in [7, 11) is -9.01. The van der Waals surface area contributed by atoms with Crippen LogP contribution in [0.4, 0.5) is 0 Å². The molecule has 0 aliphatic rings. The molecule has 0 amide bonds. The molecule has 7 N–H and O–H groups in total. The second kappa shape index (κ2) is 5.34. The molecule has 0 aromatic carbocycles. The maximum Gasteiger partial charge on any atom is 0.342 e. The number of nitrogens with two attached hydrogens (primary N) is 1. The van der Waals surface area contributed by atoms with Crippen molar-refractivity contribution in [2.24, 2.45) is 5.73 Å². The summed E-state index contributed by atoms with van der Waals surface area (Å²) < 4.78 is 21.3. The van der Waals surface area contributed by atoms with Gasteiger partial charge in [0.1, 0.15) is 5.78 Å². The molecule has 0 saturated heterocycles.